The minimum Gasteiger partial charge on any atom is -0.195 e. The molecule has 178 valence electrons. The highest BCUT2D eigenvalue weighted by Gasteiger charge is 2.89. The lowest BCUT2D eigenvalue weighted by molar-refractivity contribution is -0.415. The molecule has 0 aliphatic carbocycles. The van der Waals surface area contributed by atoms with Crippen LogP contribution in [0.4, 0.5) is 52.7 Å². The predicted octanol–water partition coefficient (Wildman–Crippen LogP) is 8.29. The van der Waals surface area contributed by atoms with E-state index < -0.39 is 47.7 Å². The van der Waals surface area contributed by atoms with E-state index in [1.54, 1.807) is 0 Å². The lowest BCUT2D eigenvalue weighted by Gasteiger charge is -2.40. The van der Waals surface area contributed by atoms with E-state index in [4.69, 9.17) is 0 Å². The Morgan fingerprint density at radius 1 is 0.567 bits per heavy atom. The third-order valence-electron chi connectivity index (χ3n) is 4.33. The summed E-state index contributed by atoms with van der Waals surface area (Å²) in [6, 6.07) is 0. The highest BCUT2D eigenvalue weighted by atomic mass is 19.4. The summed E-state index contributed by atoms with van der Waals surface area (Å²) in [7, 11) is 0. The van der Waals surface area contributed by atoms with Gasteiger partial charge < -0.3 is 0 Å². The van der Waals surface area contributed by atoms with Crippen molar-refractivity contribution in [3.63, 3.8) is 0 Å². The molecule has 0 aromatic heterocycles. The summed E-state index contributed by atoms with van der Waals surface area (Å²) in [4.78, 5) is 0. The van der Waals surface area contributed by atoms with Gasteiger partial charge in [0.05, 0.1) is 0 Å². The SMILES string of the molecule is C=CC(F)(F)C(F)(F)C(F)(F)C(F)(F)C(F)(F)C(F)(F)C=CCCCCCCCC. The zero-order valence-electron chi connectivity index (χ0n) is 15.9. The van der Waals surface area contributed by atoms with Crippen molar-refractivity contribution in [2.45, 2.75) is 87.4 Å². The normalized spacial score (nSPS) is 15.1. The van der Waals surface area contributed by atoms with Crippen LogP contribution in [-0.2, 0) is 0 Å². The molecule has 12 heteroatoms. The van der Waals surface area contributed by atoms with Gasteiger partial charge in [-0.1, -0.05) is 51.7 Å². The molecule has 0 radical (unpaired) electrons. The van der Waals surface area contributed by atoms with Gasteiger partial charge in [0.25, 0.3) is 0 Å². The molecule has 30 heavy (non-hydrogen) atoms. The zero-order valence-corrected chi connectivity index (χ0v) is 15.9. The van der Waals surface area contributed by atoms with E-state index in [9.17, 15) is 52.7 Å². The second-order valence-electron chi connectivity index (χ2n) is 6.71. The molecule has 0 atom stereocenters. The summed E-state index contributed by atoms with van der Waals surface area (Å²) in [5, 5.41) is 0. The van der Waals surface area contributed by atoms with Crippen molar-refractivity contribution >= 4 is 0 Å². The number of hydrogen-bond donors (Lipinski definition) is 0. The minimum atomic E-state index is -7.54. The number of allylic oxidation sites excluding steroid dienone is 3. The van der Waals surface area contributed by atoms with Crippen LogP contribution in [0.1, 0.15) is 51.9 Å². The molecule has 0 nitrogen and oxygen atoms in total. The van der Waals surface area contributed by atoms with E-state index in [2.05, 4.69) is 0 Å². The minimum absolute atomic E-state index is 0.193. The van der Waals surface area contributed by atoms with E-state index in [0.717, 1.165) is 19.3 Å². The molecule has 0 aliphatic rings. The standard InChI is InChI=1S/C18H22F12/c1-3-5-6-7-8-9-10-11-12-14(21,22)16(25,26)18(29,30)17(27,28)15(23,24)13(19,20)4-2/h4,11-12H,2-3,5-10H2,1H3. The van der Waals surface area contributed by atoms with Crippen molar-refractivity contribution in [1.82, 2.24) is 0 Å². The molecule has 0 N–H and O–H groups in total. The first-order chi connectivity index (χ1) is 13.4. The van der Waals surface area contributed by atoms with E-state index in [1.807, 2.05) is 13.5 Å². The summed E-state index contributed by atoms with van der Waals surface area (Å²) in [5.41, 5.74) is 0. The summed E-state index contributed by atoms with van der Waals surface area (Å²) in [6.07, 6.45) is 2.03. The molecule has 0 amide bonds. The Morgan fingerprint density at radius 3 is 1.40 bits per heavy atom. The quantitative estimate of drug-likeness (QED) is 0.137. The van der Waals surface area contributed by atoms with Crippen LogP contribution in [0.3, 0.4) is 0 Å². The number of alkyl halides is 12. The average molecular weight is 466 g/mol. The van der Waals surface area contributed by atoms with Crippen LogP contribution in [0, 0.1) is 0 Å². The van der Waals surface area contributed by atoms with Gasteiger partial charge in [0, 0.05) is 0 Å². The first kappa shape index (κ1) is 28.6. The fraction of sp³-hybridized carbons (Fsp3) is 0.778. The third kappa shape index (κ3) is 5.27. The Kier molecular flexibility index (Phi) is 9.40. The van der Waals surface area contributed by atoms with Crippen LogP contribution in [0.5, 0.6) is 0 Å². The number of rotatable bonds is 14. The fourth-order valence-electron chi connectivity index (χ4n) is 2.32. The second kappa shape index (κ2) is 9.84. The topological polar surface area (TPSA) is 0 Å². The van der Waals surface area contributed by atoms with E-state index in [0.29, 0.717) is 18.9 Å². The Labute approximate surface area is 166 Å². The lowest BCUT2D eigenvalue weighted by Crippen LogP contribution is -2.70. The van der Waals surface area contributed by atoms with Crippen molar-refractivity contribution in [3.05, 3.63) is 24.8 Å². The highest BCUT2D eigenvalue weighted by molar-refractivity contribution is 5.17. The van der Waals surface area contributed by atoms with Gasteiger partial charge in [0.2, 0.25) is 0 Å². The van der Waals surface area contributed by atoms with Crippen molar-refractivity contribution in [3.8, 4) is 0 Å². The third-order valence-corrected chi connectivity index (χ3v) is 4.33. The molecule has 0 heterocycles. The van der Waals surface area contributed by atoms with Gasteiger partial charge in [-0.3, -0.25) is 0 Å². The lowest BCUT2D eigenvalue weighted by atomic mass is 9.91. The molecule has 0 saturated carbocycles. The number of halogens is 12. The summed E-state index contributed by atoms with van der Waals surface area (Å²) in [6.45, 7) is 3.96. The van der Waals surface area contributed by atoms with Gasteiger partial charge in [-0.15, -0.1) is 0 Å². The van der Waals surface area contributed by atoms with Gasteiger partial charge in [-0.05, 0) is 25.0 Å². The molecule has 0 rings (SSSR count). The molecule has 0 saturated heterocycles. The maximum absolute atomic E-state index is 13.6. The molecule has 0 fully saturated rings. The Hall–Kier alpha value is -1.36. The first-order valence-electron chi connectivity index (χ1n) is 8.95. The summed E-state index contributed by atoms with van der Waals surface area (Å²) < 4.78 is 160. The molecule has 0 unspecified atom stereocenters. The maximum atomic E-state index is 13.6. The summed E-state index contributed by atoms with van der Waals surface area (Å²) in [5.74, 6) is -41.4. The molecule has 0 aliphatic heterocycles. The van der Waals surface area contributed by atoms with Gasteiger partial charge in [0.1, 0.15) is 0 Å². The van der Waals surface area contributed by atoms with Crippen LogP contribution in [-0.4, -0.2) is 35.5 Å². The zero-order chi connectivity index (χ0) is 24.1. The largest absolute Gasteiger partial charge is 0.385 e. The van der Waals surface area contributed by atoms with Crippen LogP contribution >= 0.6 is 0 Å². The Balaban J connectivity index is 5.54. The molecule has 0 bridgehead atoms. The van der Waals surface area contributed by atoms with Crippen LogP contribution in [0.2, 0.25) is 0 Å². The monoisotopic (exact) mass is 466 g/mol. The fourth-order valence-corrected chi connectivity index (χ4v) is 2.32. The predicted molar refractivity (Wildman–Crippen MR) is 87.0 cm³/mol. The van der Waals surface area contributed by atoms with Crippen LogP contribution in [0.25, 0.3) is 0 Å². The first-order valence-corrected chi connectivity index (χ1v) is 8.95. The molecule has 0 aromatic carbocycles. The van der Waals surface area contributed by atoms with Crippen molar-refractivity contribution in [1.29, 1.82) is 0 Å². The second-order valence-corrected chi connectivity index (χ2v) is 6.71. The number of hydrogen-bond acceptors (Lipinski definition) is 0. The summed E-state index contributed by atoms with van der Waals surface area (Å²) >= 11 is 0. The molecular weight excluding hydrogens is 444 g/mol. The Morgan fingerprint density at radius 2 is 0.967 bits per heavy atom. The number of unbranched alkanes of at least 4 members (excludes halogenated alkanes) is 6. The van der Waals surface area contributed by atoms with Gasteiger partial charge in [-0.2, -0.15) is 52.7 Å². The average Bonchev–Trinajstić information content (AvgIpc) is 2.62. The Bertz CT molecular complexity index is 578. The van der Waals surface area contributed by atoms with Crippen LogP contribution < -0.4 is 0 Å². The molecule has 0 aromatic rings. The van der Waals surface area contributed by atoms with E-state index >= 15 is 0 Å². The van der Waals surface area contributed by atoms with Crippen LogP contribution in [0.15, 0.2) is 24.8 Å². The van der Waals surface area contributed by atoms with Crippen molar-refractivity contribution in [2.24, 2.45) is 0 Å². The van der Waals surface area contributed by atoms with E-state index in [-0.39, 0.29) is 12.8 Å². The highest BCUT2D eigenvalue weighted by Crippen LogP contribution is 2.60. The van der Waals surface area contributed by atoms with Crippen molar-refractivity contribution < 1.29 is 52.7 Å². The van der Waals surface area contributed by atoms with Gasteiger partial charge >= 0.3 is 35.5 Å². The smallest absolute Gasteiger partial charge is 0.195 e. The van der Waals surface area contributed by atoms with Crippen molar-refractivity contribution in [2.75, 3.05) is 0 Å². The molecule has 0 spiro atoms. The van der Waals surface area contributed by atoms with E-state index in [1.165, 1.54) is 0 Å². The van der Waals surface area contributed by atoms with Gasteiger partial charge in [-0.25, -0.2) is 0 Å². The van der Waals surface area contributed by atoms with Gasteiger partial charge in [0.15, 0.2) is 0 Å². The molecular formula is C18H22F12. The maximum Gasteiger partial charge on any atom is 0.385 e.